The minimum absolute atomic E-state index is 0.135. The van der Waals surface area contributed by atoms with Gasteiger partial charge in [0.2, 0.25) is 14.2 Å². The van der Waals surface area contributed by atoms with Crippen LogP contribution < -0.4 is 9.16 Å². The molecule has 0 spiro atoms. The lowest BCUT2D eigenvalue weighted by Gasteiger charge is -2.57. The fourth-order valence-electron chi connectivity index (χ4n) is 6.97. The molecule has 4 aliphatic rings. The third-order valence-corrected chi connectivity index (χ3v) is 13.6. The maximum atomic E-state index is 11.5. The number of ether oxygens (including phenoxy) is 1. The van der Waals surface area contributed by atoms with Crippen molar-refractivity contribution < 1.29 is 14.0 Å². The lowest BCUT2D eigenvalue weighted by atomic mass is 9.48. The van der Waals surface area contributed by atoms with Gasteiger partial charge in [-0.25, -0.2) is 4.98 Å². The maximum Gasteiger partial charge on any atom is 0.250 e. The van der Waals surface area contributed by atoms with Crippen LogP contribution in [0, 0.1) is 17.8 Å². The molecule has 6 rings (SSSR count). The number of methoxy groups -OCH3 is 1. The van der Waals surface area contributed by atoms with Crippen LogP contribution in [0.3, 0.4) is 0 Å². The number of carbonyl (C=O) groups excluding carboxylic acids is 1. The van der Waals surface area contributed by atoms with Crippen molar-refractivity contribution >= 4 is 14.6 Å². The summed E-state index contributed by atoms with van der Waals surface area (Å²) in [5.41, 5.74) is 4.07. The Labute approximate surface area is 205 Å². The van der Waals surface area contributed by atoms with Crippen LogP contribution >= 0.6 is 0 Å². The Bertz CT molecular complexity index is 1070. The summed E-state index contributed by atoms with van der Waals surface area (Å²) >= 11 is 0. The Morgan fingerprint density at radius 1 is 1.03 bits per heavy atom. The summed E-state index contributed by atoms with van der Waals surface area (Å²) in [5, 5.41) is 0.135. The average Bonchev–Trinajstić information content (AvgIpc) is 2.77. The number of hydrogen-bond donors (Lipinski definition) is 0. The van der Waals surface area contributed by atoms with Crippen molar-refractivity contribution in [1.82, 2.24) is 4.98 Å². The summed E-state index contributed by atoms with van der Waals surface area (Å²) in [6.07, 6.45) is 10.5. The molecular formula is C29H39NO3Si. The highest BCUT2D eigenvalue weighted by atomic mass is 28.4. The molecule has 0 radical (unpaired) electrons. The third kappa shape index (κ3) is 4.00. The third-order valence-electron chi connectivity index (χ3n) is 9.27. The molecule has 34 heavy (non-hydrogen) atoms. The summed E-state index contributed by atoms with van der Waals surface area (Å²) in [4.78, 5) is 15.9. The lowest BCUT2D eigenvalue weighted by molar-refractivity contribution is -0.00584. The molecule has 0 amide bonds. The van der Waals surface area contributed by atoms with Crippen molar-refractivity contribution in [3.05, 3.63) is 41.6 Å². The van der Waals surface area contributed by atoms with Crippen molar-refractivity contribution in [3.63, 3.8) is 0 Å². The SMILES string of the molecule is COc1ncc(C=O)cc1-c1ccc(O[Si](C)(C)C(C)(C)C)c(C23CC4CC(CC(C4)C2)C3)c1. The van der Waals surface area contributed by atoms with Crippen molar-refractivity contribution in [2.75, 3.05) is 7.11 Å². The van der Waals surface area contributed by atoms with Gasteiger partial charge in [-0.2, -0.15) is 0 Å². The van der Waals surface area contributed by atoms with Gasteiger partial charge in [-0.1, -0.05) is 26.8 Å². The molecule has 0 N–H and O–H groups in total. The van der Waals surface area contributed by atoms with Gasteiger partial charge in [0, 0.05) is 17.3 Å². The van der Waals surface area contributed by atoms with Gasteiger partial charge in [-0.05, 0) is 109 Å². The second-order valence-corrected chi connectivity index (χ2v) is 17.4. The van der Waals surface area contributed by atoms with Crippen molar-refractivity contribution in [2.45, 2.75) is 82.8 Å². The van der Waals surface area contributed by atoms with Crippen molar-refractivity contribution in [2.24, 2.45) is 17.8 Å². The first kappa shape index (κ1) is 23.6. The fraction of sp³-hybridized carbons (Fsp3) is 0.586. The van der Waals surface area contributed by atoms with E-state index < -0.39 is 8.32 Å². The zero-order valence-electron chi connectivity index (χ0n) is 21.6. The van der Waals surface area contributed by atoms with E-state index in [1.165, 1.54) is 44.1 Å². The highest BCUT2D eigenvalue weighted by Crippen LogP contribution is 2.62. The van der Waals surface area contributed by atoms with Gasteiger partial charge < -0.3 is 9.16 Å². The highest BCUT2D eigenvalue weighted by Gasteiger charge is 2.53. The Hall–Kier alpha value is -2.14. The first-order chi connectivity index (χ1) is 16.0. The van der Waals surface area contributed by atoms with E-state index in [0.29, 0.717) is 11.4 Å². The van der Waals surface area contributed by atoms with Gasteiger partial charge in [0.1, 0.15) is 5.75 Å². The number of rotatable bonds is 6. The van der Waals surface area contributed by atoms with Crippen molar-refractivity contribution in [3.8, 4) is 22.8 Å². The Kier molecular flexibility index (Phi) is 5.70. The minimum Gasteiger partial charge on any atom is -0.543 e. The summed E-state index contributed by atoms with van der Waals surface area (Å²) in [5.74, 6) is 4.19. The van der Waals surface area contributed by atoms with Gasteiger partial charge in [-0.3, -0.25) is 4.79 Å². The second kappa shape index (κ2) is 8.22. The van der Waals surface area contributed by atoms with Crippen LogP contribution in [0.4, 0.5) is 0 Å². The van der Waals surface area contributed by atoms with Crippen LogP contribution in [0.5, 0.6) is 11.6 Å². The normalized spacial score (nSPS) is 28.1. The Balaban J connectivity index is 1.65. The topological polar surface area (TPSA) is 48.4 Å². The summed E-state index contributed by atoms with van der Waals surface area (Å²) in [7, 11) is -0.363. The molecular weight excluding hydrogens is 438 g/mol. The molecule has 0 saturated heterocycles. The summed E-state index contributed by atoms with van der Waals surface area (Å²) in [6.45, 7) is 11.6. The number of pyridine rings is 1. The number of hydrogen-bond acceptors (Lipinski definition) is 4. The largest absolute Gasteiger partial charge is 0.543 e. The smallest absolute Gasteiger partial charge is 0.250 e. The number of benzene rings is 1. The summed E-state index contributed by atoms with van der Waals surface area (Å²) in [6, 6.07) is 8.56. The van der Waals surface area contributed by atoms with E-state index >= 15 is 0 Å². The van der Waals surface area contributed by atoms with Crippen LogP contribution in [0.15, 0.2) is 30.5 Å². The molecule has 4 saturated carbocycles. The Morgan fingerprint density at radius 3 is 2.18 bits per heavy atom. The molecule has 0 unspecified atom stereocenters. The summed E-state index contributed by atoms with van der Waals surface area (Å²) < 4.78 is 12.6. The molecule has 4 nitrogen and oxygen atoms in total. The minimum atomic E-state index is -2.00. The lowest BCUT2D eigenvalue weighted by Crippen LogP contribution is -2.49. The molecule has 4 bridgehead atoms. The highest BCUT2D eigenvalue weighted by molar-refractivity contribution is 6.74. The molecule has 2 aromatic rings. The standard InChI is InChI=1S/C29H39NO3Si/c1-28(2,3)34(5,6)33-26-8-7-23(24-12-22(18-31)17-30-27(24)32-4)13-25(26)29-14-19-9-20(15-29)11-21(10-19)16-29/h7-8,12-13,17-21H,9-11,14-16H2,1-6H3. The number of aldehydes is 1. The molecule has 1 heterocycles. The molecule has 182 valence electrons. The van der Waals surface area contributed by atoms with Crippen LogP contribution in [0.25, 0.3) is 11.1 Å². The van der Waals surface area contributed by atoms with Gasteiger partial charge in [0.15, 0.2) is 6.29 Å². The number of carbonyl (C=O) groups is 1. The van der Waals surface area contributed by atoms with E-state index in [-0.39, 0.29) is 10.5 Å². The monoisotopic (exact) mass is 477 g/mol. The van der Waals surface area contributed by atoms with Gasteiger partial charge in [0.25, 0.3) is 0 Å². The van der Waals surface area contributed by atoms with E-state index in [4.69, 9.17) is 9.16 Å². The van der Waals surface area contributed by atoms with Gasteiger partial charge >= 0.3 is 0 Å². The quantitative estimate of drug-likeness (QED) is 0.321. The molecule has 5 heteroatoms. The van der Waals surface area contributed by atoms with Crippen LogP contribution in [-0.4, -0.2) is 26.7 Å². The molecule has 4 aliphatic carbocycles. The van der Waals surface area contributed by atoms with E-state index in [1.54, 1.807) is 13.3 Å². The Morgan fingerprint density at radius 2 is 1.65 bits per heavy atom. The van der Waals surface area contributed by atoms with Crippen LogP contribution in [0.2, 0.25) is 18.1 Å². The zero-order chi connectivity index (χ0) is 24.3. The molecule has 1 aromatic heterocycles. The first-order valence-electron chi connectivity index (χ1n) is 12.9. The van der Waals surface area contributed by atoms with Crippen LogP contribution in [-0.2, 0) is 5.41 Å². The van der Waals surface area contributed by atoms with Crippen molar-refractivity contribution in [1.29, 1.82) is 0 Å². The van der Waals surface area contributed by atoms with Crippen LogP contribution in [0.1, 0.15) is 75.2 Å². The van der Waals surface area contributed by atoms with Gasteiger partial charge in [0.05, 0.1) is 7.11 Å². The molecule has 0 atom stereocenters. The van der Waals surface area contributed by atoms with E-state index in [1.807, 2.05) is 6.07 Å². The fourth-order valence-corrected chi connectivity index (χ4v) is 8.01. The zero-order valence-corrected chi connectivity index (χ0v) is 22.6. The average molecular weight is 478 g/mol. The predicted octanol–water partition coefficient (Wildman–Crippen LogP) is 7.42. The molecule has 0 aliphatic heterocycles. The van der Waals surface area contributed by atoms with E-state index in [2.05, 4.69) is 57.0 Å². The first-order valence-corrected chi connectivity index (χ1v) is 15.8. The number of aromatic nitrogens is 1. The van der Waals surface area contributed by atoms with E-state index in [0.717, 1.165) is 40.9 Å². The number of nitrogens with zero attached hydrogens (tertiary/aromatic N) is 1. The predicted molar refractivity (Wildman–Crippen MR) is 139 cm³/mol. The second-order valence-electron chi connectivity index (χ2n) is 12.7. The molecule has 1 aromatic carbocycles. The van der Waals surface area contributed by atoms with E-state index in [9.17, 15) is 4.79 Å². The maximum absolute atomic E-state index is 11.5. The molecule has 4 fully saturated rings. The van der Waals surface area contributed by atoms with Gasteiger partial charge in [-0.15, -0.1) is 0 Å².